The van der Waals surface area contributed by atoms with Crippen LogP contribution in [0.1, 0.15) is 30.6 Å². The van der Waals surface area contributed by atoms with Crippen LogP contribution < -0.4 is 10.1 Å². The number of ether oxygens (including phenoxy) is 1. The van der Waals surface area contributed by atoms with E-state index >= 15 is 0 Å². The predicted molar refractivity (Wildman–Crippen MR) is 98.3 cm³/mol. The molecule has 0 unspecified atom stereocenters. The molecule has 1 fully saturated rings. The van der Waals surface area contributed by atoms with Gasteiger partial charge in [-0.25, -0.2) is 0 Å². The van der Waals surface area contributed by atoms with E-state index in [-0.39, 0.29) is 24.2 Å². The van der Waals surface area contributed by atoms with Crippen LogP contribution in [0.15, 0.2) is 24.3 Å². The number of likely N-dealkylation sites (N-methyl/N-ethyl adjacent to an activating group) is 1. The molecule has 1 aromatic carbocycles. The lowest BCUT2D eigenvalue weighted by molar-refractivity contribution is -0.133. The van der Waals surface area contributed by atoms with Crippen molar-refractivity contribution in [3.8, 4) is 5.75 Å². The second-order valence-electron chi connectivity index (χ2n) is 6.34. The summed E-state index contributed by atoms with van der Waals surface area (Å²) < 4.78 is 5.55. The molecule has 0 radical (unpaired) electrons. The van der Waals surface area contributed by atoms with E-state index in [1.165, 1.54) is 6.92 Å². The van der Waals surface area contributed by atoms with Gasteiger partial charge in [-0.05, 0) is 32.4 Å². The maximum absolute atomic E-state index is 12.4. The molecule has 0 spiro atoms. The van der Waals surface area contributed by atoms with Crippen molar-refractivity contribution in [3.63, 3.8) is 0 Å². The first-order valence-corrected chi connectivity index (χ1v) is 9.00. The van der Waals surface area contributed by atoms with E-state index in [2.05, 4.69) is 10.2 Å². The fraction of sp³-hybridized carbons (Fsp3) is 0.526. The van der Waals surface area contributed by atoms with Gasteiger partial charge in [0.1, 0.15) is 5.75 Å². The highest BCUT2D eigenvalue weighted by molar-refractivity contribution is 5.94. The van der Waals surface area contributed by atoms with Gasteiger partial charge >= 0.3 is 0 Å². The summed E-state index contributed by atoms with van der Waals surface area (Å²) >= 11 is 0. The van der Waals surface area contributed by atoms with E-state index in [1.54, 1.807) is 29.2 Å². The van der Waals surface area contributed by atoms with Gasteiger partial charge in [0.05, 0.1) is 6.54 Å². The molecular weight excluding hydrogens is 334 g/mol. The molecule has 7 heteroatoms. The highest BCUT2D eigenvalue weighted by atomic mass is 16.5. The summed E-state index contributed by atoms with van der Waals surface area (Å²) in [6, 6.07) is 6.83. The Labute approximate surface area is 154 Å². The number of ketones is 1. The van der Waals surface area contributed by atoms with Crippen LogP contribution in [0.4, 0.5) is 0 Å². The van der Waals surface area contributed by atoms with Gasteiger partial charge in [0.15, 0.2) is 12.4 Å². The molecule has 7 nitrogen and oxygen atoms in total. The van der Waals surface area contributed by atoms with Crippen LogP contribution in [0, 0.1) is 0 Å². The zero-order valence-electron chi connectivity index (χ0n) is 15.5. The molecule has 0 bridgehead atoms. The lowest BCUT2D eigenvalue weighted by Crippen LogP contribution is -2.40. The van der Waals surface area contributed by atoms with Crippen molar-refractivity contribution in [3.05, 3.63) is 29.8 Å². The highest BCUT2D eigenvalue weighted by Crippen LogP contribution is 2.14. The van der Waals surface area contributed by atoms with Gasteiger partial charge in [-0.1, -0.05) is 12.1 Å². The maximum Gasteiger partial charge on any atom is 0.260 e. The van der Waals surface area contributed by atoms with Gasteiger partial charge < -0.3 is 15.0 Å². The number of carbonyl (C=O) groups is 3. The smallest absolute Gasteiger partial charge is 0.260 e. The predicted octanol–water partition coefficient (Wildman–Crippen LogP) is 0.938. The van der Waals surface area contributed by atoms with Crippen molar-refractivity contribution in [2.45, 2.75) is 20.3 Å². The van der Waals surface area contributed by atoms with E-state index < -0.39 is 0 Å². The van der Waals surface area contributed by atoms with E-state index in [0.29, 0.717) is 44.0 Å². The Morgan fingerprint density at radius 3 is 2.69 bits per heavy atom. The minimum Gasteiger partial charge on any atom is -0.484 e. The van der Waals surface area contributed by atoms with Crippen LogP contribution in [-0.2, 0) is 9.59 Å². The third-order valence-electron chi connectivity index (χ3n) is 4.29. The number of rotatable bonds is 7. The Bertz CT molecular complexity index is 647. The average Bonchev–Trinajstić information content (AvgIpc) is 2.85. The van der Waals surface area contributed by atoms with Crippen LogP contribution in [0.3, 0.4) is 0 Å². The Hall–Kier alpha value is -2.41. The fourth-order valence-electron chi connectivity index (χ4n) is 2.88. The number of amides is 2. The van der Waals surface area contributed by atoms with Crippen molar-refractivity contribution in [2.24, 2.45) is 0 Å². The molecule has 1 aliphatic rings. The summed E-state index contributed by atoms with van der Waals surface area (Å²) in [6.07, 6.45) is 0.824. The zero-order valence-corrected chi connectivity index (χ0v) is 15.5. The number of benzene rings is 1. The molecule has 1 heterocycles. The molecule has 0 saturated carbocycles. The quantitative estimate of drug-likeness (QED) is 0.731. The number of nitrogens with one attached hydrogen (secondary N) is 1. The van der Waals surface area contributed by atoms with Crippen molar-refractivity contribution in [1.82, 2.24) is 15.1 Å². The zero-order chi connectivity index (χ0) is 18.9. The standard InChI is InChI=1S/C19H27N3O4/c1-3-20-18(24)13-21-8-5-9-22(11-10-21)19(25)14-26-17-7-4-6-16(12-17)15(2)23/h4,6-7,12H,3,5,8-11,13-14H2,1-2H3,(H,20,24). The molecule has 26 heavy (non-hydrogen) atoms. The monoisotopic (exact) mass is 361 g/mol. The first-order chi connectivity index (χ1) is 12.5. The lowest BCUT2D eigenvalue weighted by atomic mass is 10.1. The molecule has 1 aliphatic heterocycles. The van der Waals surface area contributed by atoms with Crippen LogP contribution in [0.5, 0.6) is 5.75 Å². The third kappa shape index (κ3) is 6.15. The topological polar surface area (TPSA) is 79.0 Å². The third-order valence-corrected chi connectivity index (χ3v) is 4.29. The number of hydrogen-bond acceptors (Lipinski definition) is 5. The summed E-state index contributed by atoms with van der Waals surface area (Å²) in [4.78, 5) is 39.3. The van der Waals surface area contributed by atoms with Gasteiger partial charge in [-0.2, -0.15) is 0 Å². The summed E-state index contributed by atoms with van der Waals surface area (Å²) in [5.41, 5.74) is 0.561. The number of nitrogens with zero attached hydrogens (tertiary/aromatic N) is 2. The maximum atomic E-state index is 12.4. The van der Waals surface area contributed by atoms with E-state index in [9.17, 15) is 14.4 Å². The first-order valence-electron chi connectivity index (χ1n) is 9.00. The second-order valence-corrected chi connectivity index (χ2v) is 6.34. The van der Waals surface area contributed by atoms with Crippen LogP contribution in [0.2, 0.25) is 0 Å². The van der Waals surface area contributed by atoms with Gasteiger partial charge in [0, 0.05) is 38.3 Å². The van der Waals surface area contributed by atoms with Crippen molar-refractivity contribution >= 4 is 17.6 Å². The fourth-order valence-corrected chi connectivity index (χ4v) is 2.88. The van der Waals surface area contributed by atoms with E-state index in [0.717, 1.165) is 13.0 Å². The molecule has 1 aromatic rings. The summed E-state index contributed by atoms with van der Waals surface area (Å²) in [6.45, 7) is 7.02. The van der Waals surface area contributed by atoms with Crippen molar-refractivity contribution in [2.75, 3.05) is 45.9 Å². The Morgan fingerprint density at radius 2 is 1.96 bits per heavy atom. The summed E-state index contributed by atoms with van der Waals surface area (Å²) in [7, 11) is 0. The molecule has 142 valence electrons. The molecule has 0 aliphatic carbocycles. The molecule has 1 saturated heterocycles. The minimum atomic E-state index is -0.0851. The van der Waals surface area contributed by atoms with Crippen LogP contribution in [-0.4, -0.2) is 73.3 Å². The second kappa shape index (κ2) is 9.91. The highest BCUT2D eigenvalue weighted by Gasteiger charge is 2.20. The molecule has 0 aromatic heterocycles. The average molecular weight is 361 g/mol. The van der Waals surface area contributed by atoms with Crippen LogP contribution >= 0.6 is 0 Å². The minimum absolute atomic E-state index is 0.0148. The lowest BCUT2D eigenvalue weighted by Gasteiger charge is -2.21. The summed E-state index contributed by atoms with van der Waals surface area (Å²) in [5, 5.41) is 2.79. The largest absolute Gasteiger partial charge is 0.484 e. The van der Waals surface area contributed by atoms with Gasteiger partial charge in [0.25, 0.3) is 5.91 Å². The van der Waals surface area contributed by atoms with Crippen molar-refractivity contribution in [1.29, 1.82) is 0 Å². The molecule has 1 N–H and O–H groups in total. The molecule has 2 rings (SSSR count). The Balaban J connectivity index is 1.81. The number of carbonyl (C=O) groups excluding carboxylic acids is 3. The SMILES string of the molecule is CCNC(=O)CN1CCCN(C(=O)COc2cccc(C(C)=O)c2)CC1. The number of Topliss-reactive ketones (excluding diaryl/α,β-unsaturated/α-hetero) is 1. The normalized spacial score (nSPS) is 15.2. The Morgan fingerprint density at radius 1 is 1.15 bits per heavy atom. The van der Waals surface area contributed by atoms with Gasteiger partial charge in [0.2, 0.25) is 5.91 Å². The molecule has 0 atom stereocenters. The summed E-state index contributed by atoms with van der Waals surface area (Å²) in [5.74, 6) is 0.402. The van der Waals surface area contributed by atoms with Gasteiger partial charge in [-0.3, -0.25) is 19.3 Å². The first kappa shape index (κ1) is 19.9. The van der Waals surface area contributed by atoms with E-state index in [1.807, 2.05) is 6.92 Å². The van der Waals surface area contributed by atoms with Gasteiger partial charge in [-0.15, -0.1) is 0 Å². The van der Waals surface area contributed by atoms with Crippen molar-refractivity contribution < 1.29 is 19.1 Å². The molecule has 2 amide bonds. The number of hydrogen-bond donors (Lipinski definition) is 1. The Kier molecular flexibility index (Phi) is 7.59. The van der Waals surface area contributed by atoms with Crippen LogP contribution in [0.25, 0.3) is 0 Å². The van der Waals surface area contributed by atoms with E-state index in [4.69, 9.17) is 4.74 Å². The molecular formula is C19H27N3O4.